The number of allylic oxidation sites excluding steroid dienone is 1. The fourth-order valence-electron chi connectivity index (χ4n) is 25.6. The molecule has 7 heterocycles. The number of carboxylic acids is 1. The number of hydrogen-bond acceptors (Lipinski definition) is 16. The van der Waals surface area contributed by atoms with Crippen LogP contribution in [-0.2, 0) is 59.1 Å². The minimum absolute atomic E-state index is 0.0366. The number of nitrogens with zero attached hydrogens (tertiary/aromatic N) is 6. The number of methoxy groups -OCH3 is 3. The lowest BCUT2D eigenvalue weighted by Gasteiger charge is -2.34. The first-order valence-corrected chi connectivity index (χ1v) is 50.1. The van der Waals surface area contributed by atoms with E-state index in [4.69, 9.17) is 34.5 Å². The average Bonchev–Trinajstić information content (AvgIpc) is 1.60. The van der Waals surface area contributed by atoms with Gasteiger partial charge in [0.15, 0.2) is 0 Å². The predicted molar refractivity (Wildman–Crippen MR) is 516 cm³/mol. The van der Waals surface area contributed by atoms with E-state index in [1.165, 1.54) is 166 Å². The number of carbonyl (C=O) groups excluding carboxylic acids is 5. The highest BCUT2D eigenvalue weighted by Crippen LogP contribution is 2.56. The Hall–Kier alpha value is -11.4. The smallest absolute Gasteiger partial charge is 0.407 e. The Bertz CT molecular complexity index is 6010. The molecule has 24 nitrogen and oxygen atoms in total. The highest BCUT2D eigenvalue weighted by Gasteiger charge is 2.47. The van der Waals surface area contributed by atoms with E-state index < -0.39 is 36.3 Å². The summed E-state index contributed by atoms with van der Waals surface area (Å²) in [5.74, 6) is 1.62. The van der Waals surface area contributed by atoms with Crippen LogP contribution in [0.5, 0.6) is 0 Å². The van der Waals surface area contributed by atoms with Crippen molar-refractivity contribution in [3.8, 4) is 55.8 Å². The number of aliphatic imine (C=N–C) groups is 1. The quantitative estimate of drug-likeness (QED) is 0.0275. The maximum absolute atomic E-state index is 14.3. The summed E-state index contributed by atoms with van der Waals surface area (Å²) in [6, 6.07) is 37.7. The molecule has 4 aliphatic heterocycles. The van der Waals surface area contributed by atoms with Crippen molar-refractivity contribution in [1.29, 1.82) is 0 Å². The molecule has 21 rings (SSSR count). The molecular formula is C109H130N12O12. The molecule has 2 spiro atoms. The van der Waals surface area contributed by atoms with Crippen molar-refractivity contribution in [3.05, 3.63) is 188 Å². The molecule has 0 bridgehead atoms. The first-order chi connectivity index (χ1) is 64.9. The van der Waals surface area contributed by atoms with Gasteiger partial charge in [0.25, 0.3) is 11.1 Å². The van der Waals surface area contributed by atoms with E-state index in [9.17, 15) is 38.4 Å². The minimum Gasteiger partial charge on any atom is -0.480 e. The zero-order chi connectivity index (χ0) is 91.4. The number of likely N-dealkylation sites (tertiary alicyclic amines) is 2. The number of fused-ring (bicyclic) bond motifs is 4. The summed E-state index contributed by atoms with van der Waals surface area (Å²) >= 11 is 0. The monoisotopic (exact) mass is 1800 g/mol. The molecule has 0 unspecified atom stereocenters. The van der Waals surface area contributed by atoms with Gasteiger partial charge in [-0.3, -0.25) is 29.0 Å². The number of H-pyrrole nitrogens is 3. The average molecular weight is 1800 g/mol. The van der Waals surface area contributed by atoms with Gasteiger partial charge in [0, 0.05) is 37.3 Å². The van der Waals surface area contributed by atoms with E-state index in [0.29, 0.717) is 59.4 Å². The van der Waals surface area contributed by atoms with Crippen LogP contribution in [0.15, 0.2) is 136 Å². The molecule has 133 heavy (non-hydrogen) atoms. The number of hydrogen-bond donors (Lipinski definition) is 7. The number of benzene rings is 6. The summed E-state index contributed by atoms with van der Waals surface area (Å²) in [6.07, 6.45) is 43.9. The van der Waals surface area contributed by atoms with Gasteiger partial charge in [0.1, 0.15) is 29.6 Å². The van der Waals surface area contributed by atoms with Gasteiger partial charge in [-0.15, -0.1) is 0 Å². The van der Waals surface area contributed by atoms with Crippen molar-refractivity contribution in [2.24, 2.45) is 39.5 Å². The zero-order valence-electron chi connectivity index (χ0n) is 77.6. The molecular weight excluding hydrogens is 1670 g/mol. The van der Waals surface area contributed by atoms with Crippen LogP contribution < -0.4 is 27.1 Å². The molecule has 12 aliphatic rings. The number of ether oxygens (including phenoxy) is 3. The number of carbonyl (C=O) groups is 6. The van der Waals surface area contributed by atoms with Crippen molar-refractivity contribution >= 4 is 69.0 Å². The second-order valence-electron chi connectivity index (χ2n) is 40.7. The number of amides is 4. The van der Waals surface area contributed by atoms with Gasteiger partial charge in [-0.05, 0) is 284 Å². The van der Waals surface area contributed by atoms with E-state index in [-0.39, 0.29) is 76.5 Å². The molecule has 6 aromatic carbocycles. The van der Waals surface area contributed by atoms with Crippen LogP contribution in [-0.4, -0.2) is 146 Å². The summed E-state index contributed by atoms with van der Waals surface area (Å²) < 4.78 is 14.4. The minimum atomic E-state index is -0.979. The van der Waals surface area contributed by atoms with Crippen LogP contribution in [0.4, 0.5) is 9.59 Å². The zero-order valence-corrected chi connectivity index (χ0v) is 77.6. The van der Waals surface area contributed by atoms with Crippen LogP contribution in [0.25, 0.3) is 83.1 Å². The van der Waals surface area contributed by atoms with Crippen molar-refractivity contribution in [2.75, 3.05) is 41.0 Å². The molecule has 4 amide bonds. The van der Waals surface area contributed by atoms with E-state index >= 15 is 0 Å². The van der Waals surface area contributed by atoms with Gasteiger partial charge in [-0.2, -0.15) is 0 Å². The van der Waals surface area contributed by atoms with Crippen LogP contribution in [0.1, 0.15) is 288 Å². The molecule has 3 saturated heterocycles. The van der Waals surface area contributed by atoms with Crippen molar-refractivity contribution in [1.82, 2.24) is 55.7 Å². The number of aromatic amines is 3. The van der Waals surface area contributed by atoms with Crippen LogP contribution >= 0.6 is 0 Å². The number of aromatic nitrogens is 6. The number of carboxylic acid groups (broad SMARTS) is 1. The molecule has 3 aromatic heterocycles. The fourth-order valence-corrected chi connectivity index (χ4v) is 25.6. The van der Waals surface area contributed by atoms with E-state index in [0.717, 1.165) is 205 Å². The summed E-state index contributed by atoms with van der Waals surface area (Å²) in [5.41, 5.74) is 22.8. The Morgan fingerprint density at radius 3 is 1.43 bits per heavy atom. The third-order valence-electron chi connectivity index (χ3n) is 32.6. The molecule has 6 saturated carbocycles. The Labute approximate surface area is 778 Å². The van der Waals surface area contributed by atoms with Gasteiger partial charge in [-0.1, -0.05) is 181 Å². The van der Waals surface area contributed by atoms with E-state index in [1.54, 1.807) is 4.90 Å². The topological polar surface area (TPSA) is 325 Å². The second kappa shape index (κ2) is 40.0. The van der Waals surface area contributed by atoms with Gasteiger partial charge in [-0.25, -0.2) is 29.3 Å². The lowest BCUT2D eigenvalue weighted by molar-refractivity contribution is -0.148. The van der Waals surface area contributed by atoms with Gasteiger partial charge in [0.05, 0.1) is 85.5 Å². The fraction of sp³-hybridized carbons (Fsp3) is 0.523. The second-order valence-corrected chi connectivity index (χ2v) is 40.7. The number of esters is 1. The third kappa shape index (κ3) is 19.3. The first kappa shape index (κ1) is 90.8. The first-order valence-electron chi connectivity index (χ1n) is 50.1. The lowest BCUT2D eigenvalue weighted by atomic mass is 9.77. The highest BCUT2D eigenvalue weighted by molar-refractivity contribution is 6.04. The molecule has 9 aromatic rings. The number of alkyl carbamates (subject to hydrolysis) is 2. The highest BCUT2D eigenvalue weighted by atomic mass is 16.5. The largest absolute Gasteiger partial charge is 0.480 e. The SMILES string of the molecule is COC(=O)C[C@H](C(=O)N1CCC[C@H]1C1=NC=C(c2ccc(-c3ccc(-c4ccc5nc([C@@H]6CCCN6C(=O)[C@@H](NC(=O)OC)C6CCCCC6)[nH]c(=O)c5c4)c4c3CC3(CCCC3)C4)cc2)C1)C1CCCCC1.COC(=O)N[C@H](C(=O)O)C1CCCCC1.O=c1[nH]c([C@@H]2CCCN2)nc2ccc(-c3ccc(-c4ccc(-c5cnc(C6CCCC6)[nH]5)cc4)c4c3CC3(CCCC3)C4)cc12. The third-order valence-corrected chi connectivity index (χ3v) is 32.6. The number of nitrogens with one attached hydrogen (secondary N) is 6. The molecule has 0 radical (unpaired) electrons. The standard InChI is InChI=1S/C60H72N6O7.C39H41N5O.C10H17NO4/c1-72-53(67)33-45(38-13-5-3-6-14-38)57(69)65-29-11-17-51(65)50-32-42(36-61-50)37-19-21-39(22-20-37)43-24-25-44(48-35-60(34-47(43)48)27-9-10-28-60)41-23-26-49-46(31-41)56(68)64-55(62-49)52-18-12-30-66(52)58(70)54(63-59(71)73-2)40-15-7-4-8-16-40;45-38-30-20-27(13-16-33(30)42-37(44-38)34-8-5-19-40-34)29-15-14-28(31-21-39(22-32(29)31)17-3-4-18-39)24-9-11-25(12-10-24)35-23-41-36(43-35)26-6-1-2-7-26;1-15-10(14)11-8(9(12)13)7-5-3-2-4-6-7/h19-26,31,36,38,40,45,51-52,54H,3-18,27-30,32-35H2,1-2H3,(H,63,71)(H,62,64,68);9-16,20,23,26,34,40H,1-8,17-19,21-22H2,(H,41,43)(H,42,44,45);7-8H,2-6H2,1H3,(H,11,14)(H,12,13)/t45-,51-,52-,54-;34-;8-/m000/s1. The van der Waals surface area contributed by atoms with E-state index in [1.807, 2.05) is 35.5 Å². The summed E-state index contributed by atoms with van der Waals surface area (Å²) in [6.45, 7) is 2.21. The maximum atomic E-state index is 14.3. The molecule has 698 valence electrons. The molecule has 8 aliphatic carbocycles. The summed E-state index contributed by atoms with van der Waals surface area (Å²) in [4.78, 5) is 136. The molecule has 7 N–H and O–H groups in total. The predicted octanol–water partition coefficient (Wildman–Crippen LogP) is 20.6. The van der Waals surface area contributed by atoms with Crippen LogP contribution in [0.2, 0.25) is 0 Å². The molecule has 9 fully saturated rings. The van der Waals surface area contributed by atoms with E-state index in [2.05, 4.69) is 127 Å². The lowest BCUT2D eigenvalue weighted by Crippen LogP contribution is -2.52. The van der Waals surface area contributed by atoms with Gasteiger partial charge < -0.3 is 60.0 Å². The molecule has 24 heteroatoms. The number of rotatable bonds is 20. The molecule has 6 atom stereocenters. The van der Waals surface area contributed by atoms with Crippen molar-refractivity contribution < 1.29 is 48.1 Å². The van der Waals surface area contributed by atoms with Gasteiger partial charge in [0.2, 0.25) is 11.8 Å². The Morgan fingerprint density at radius 1 is 0.459 bits per heavy atom. The van der Waals surface area contributed by atoms with Crippen molar-refractivity contribution in [2.45, 2.75) is 287 Å². The van der Waals surface area contributed by atoms with Crippen LogP contribution in [0.3, 0.4) is 0 Å². The normalized spacial score (nSPS) is 21.8. The number of imidazole rings is 1. The Kier molecular flexibility index (Phi) is 27.3. The number of aliphatic carboxylic acids is 1. The maximum Gasteiger partial charge on any atom is 0.407 e. The van der Waals surface area contributed by atoms with Gasteiger partial charge >= 0.3 is 24.1 Å². The summed E-state index contributed by atoms with van der Waals surface area (Å²) in [5, 5.41) is 18.9. The van der Waals surface area contributed by atoms with Crippen LogP contribution in [0, 0.1) is 34.5 Å². The summed E-state index contributed by atoms with van der Waals surface area (Å²) in [7, 11) is 3.97. The Morgan fingerprint density at radius 2 is 0.917 bits per heavy atom. The van der Waals surface area contributed by atoms with Crippen molar-refractivity contribution in [3.63, 3.8) is 0 Å². The Balaban J connectivity index is 0.000000160.